The third kappa shape index (κ3) is 1.79. The maximum atomic E-state index is 10.9. The quantitative estimate of drug-likeness (QED) is 0.857. The number of carbonyl (C=O) groups is 1. The van der Waals surface area contributed by atoms with Gasteiger partial charge < -0.3 is 19.9 Å². The molecule has 0 saturated carbocycles. The molecular weight excluding hydrogens is 258 g/mol. The Labute approximate surface area is 109 Å². The lowest BCUT2D eigenvalue weighted by molar-refractivity contribution is -0.141. The predicted octanol–water partition coefficient (Wildman–Crippen LogP) is 1.80. The van der Waals surface area contributed by atoms with Crippen LogP contribution in [0.4, 0.5) is 0 Å². The van der Waals surface area contributed by atoms with Crippen LogP contribution in [0.25, 0.3) is 0 Å². The van der Waals surface area contributed by atoms with Crippen molar-refractivity contribution in [1.82, 2.24) is 5.32 Å². The van der Waals surface area contributed by atoms with Gasteiger partial charge in [-0.15, -0.1) is 0 Å². The van der Waals surface area contributed by atoms with Crippen LogP contribution in [0, 0.1) is 5.92 Å². The highest BCUT2D eigenvalue weighted by Crippen LogP contribution is 2.45. The highest BCUT2D eigenvalue weighted by molar-refractivity contribution is 6.32. The Morgan fingerprint density at radius 3 is 2.89 bits per heavy atom. The zero-order chi connectivity index (χ0) is 12.7. The Bertz CT molecular complexity index is 505. The average Bonchev–Trinajstić information content (AvgIpc) is 2.98. The molecule has 0 spiro atoms. The second-order valence-electron chi connectivity index (χ2n) is 4.43. The van der Waals surface area contributed by atoms with Gasteiger partial charge in [0.1, 0.15) is 0 Å². The molecule has 0 bridgehead atoms. The lowest BCUT2D eigenvalue weighted by atomic mass is 9.99. The molecule has 2 atom stereocenters. The Hall–Kier alpha value is -1.46. The van der Waals surface area contributed by atoms with Crippen LogP contribution in [0.3, 0.4) is 0 Å². The number of ether oxygens (including phenoxy) is 2. The molecule has 5 nitrogen and oxygen atoms in total. The normalized spacial score (nSPS) is 25.4. The van der Waals surface area contributed by atoms with Crippen LogP contribution in [-0.2, 0) is 4.79 Å². The maximum absolute atomic E-state index is 10.9. The fourth-order valence-corrected chi connectivity index (χ4v) is 2.62. The summed E-state index contributed by atoms with van der Waals surface area (Å²) in [7, 11) is 0. The molecule has 3 rings (SSSR count). The van der Waals surface area contributed by atoms with Crippen molar-refractivity contribution in [1.29, 1.82) is 0 Å². The van der Waals surface area contributed by atoms with E-state index in [0.717, 1.165) is 5.56 Å². The molecule has 2 unspecified atom stereocenters. The van der Waals surface area contributed by atoms with Crippen molar-refractivity contribution in [3.63, 3.8) is 0 Å². The molecule has 0 amide bonds. The summed E-state index contributed by atoms with van der Waals surface area (Å²) in [4.78, 5) is 10.9. The lowest BCUT2D eigenvalue weighted by Gasteiger charge is -2.13. The SMILES string of the molecule is O=C(O)C1CNC(c2ccc(Cl)c3c2OCO3)C1. The summed E-state index contributed by atoms with van der Waals surface area (Å²) in [5.74, 6) is 0.0530. The molecule has 2 aliphatic rings. The highest BCUT2D eigenvalue weighted by atomic mass is 35.5. The molecular formula is C12H12ClNO4. The van der Waals surface area contributed by atoms with Gasteiger partial charge in [-0.1, -0.05) is 17.7 Å². The van der Waals surface area contributed by atoms with E-state index in [1.54, 1.807) is 6.07 Å². The number of hydrogen-bond donors (Lipinski definition) is 2. The first-order valence-corrected chi connectivity index (χ1v) is 6.09. The third-order valence-electron chi connectivity index (χ3n) is 3.36. The van der Waals surface area contributed by atoms with Crippen molar-refractivity contribution in [2.24, 2.45) is 5.92 Å². The summed E-state index contributed by atoms with van der Waals surface area (Å²) in [6, 6.07) is 3.58. The molecule has 1 fully saturated rings. The molecule has 1 aromatic carbocycles. The fraction of sp³-hybridized carbons (Fsp3) is 0.417. The van der Waals surface area contributed by atoms with Crippen LogP contribution < -0.4 is 14.8 Å². The maximum Gasteiger partial charge on any atom is 0.307 e. The van der Waals surface area contributed by atoms with Gasteiger partial charge in [-0.05, 0) is 12.5 Å². The summed E-state index contributed by atoms with van der Waals surface area (Å²) >= 11 is 6.01. The van der Waals surface area contributed by atoms with Gasteiger partial charge in [-0.2, -0.15) is 0 Å². The number of rotatable bonds is 2. The fourth-order valence-electron chi connectivity index (χ4n) is 2.42. The minimum atomic E-state index is -0.771. The first-order valence-electron chi connectivity index (χ1n) is 5.71. The Balaban J connectivity index is 1.90. The van der Waals surface area contributed by atoms with E-state index in [-0.39, 0.29) is 18.8 Å². The molecule has 0 aliphatic carbocycles. The van der Waals surface area contributed by atoms with Crippen molar-refractivity contribution >= 4 is 17.6 Å². The van der Waals surface area contributed by atoms with Crippen molar-refractivity contribution < 1.29 is 19.4 Å². The Morgan fingerprint density at radius 1 is 1.39 bits per heavy atom. The first-order chi connectivity index (χ1) is 8.66. The van der Waals surface area contributed by atoms with E-state index in [1.807, 2.05) is 6.07 Å². The van der Waals surface area contributed by atoms with Gasteiger partial charge in [0.25, 0.3) is 0 Å². The van der Waals surface area contributed by atoms with Crippen LogP contribution in [0.5, 0.6) is 11.5 Å². The van der Waals surface area contributed by atoms with Gasteiger partial charge in [0.05, 0.1) is 10.9 Å². The molecule has 0 aromatic heterocycles. The van der Waals surface area contributed by atoms with Crippen molar-refractivity contribution in [2.45, 2.75) is 12.5 Å². The van der Waals surface area contributed by atoms with Gasteiger partial charge in [-0.25, -0.2) is 0 Å². The van der Waals surface area contributed by atoms with Crippen LogP contribution in [0.2, 0.25) is 5.02 Å². The number of hydrogen-bond acceptors (Lipinski definition) is 4. The number of carboxylic acid groups (broad SMARTS) is 1. The molecule has 2 heterocycles. The van der Waals surface area contributed by atoms with Crippen LogP contribution >= 0.6 is 11.6 Å². The zero-order valence-corrected chi connectivity index (χ0v) is 10.2. The predicted molar refractivity (Wildman–Crippen MR) is 64.1 cm³/mol. The second kappa shape index (κ2) is 4.33. The van der Waals surface area contributed by atoms with Crippen LogP contribution in [0.1, 0.15) is 18.0 Å². The van der Waals surface area contributed by atoms with E-state index in [0.29, 0.717) is 29.5 Å². The standard InChI is InChI=1S/C12H12ClNO4/c13-8-2-1-7(10-11(8)18-5-17-10)9-3-6(4-14-9)12(15)16/h1-2,6,9,14H,3-5H2,(H,15,16). The minimum Gasteiger partial charge on any atom is -0.481 e. The van der Waals surface area contributed by atoms with Gasteiger partial charge >= 0.3 is 5.97 Å². The van der Waals surface area contributed by atoms with E-state index in [4.69, 9.17) is 26.2 Å². The van der Waals surface area contributed by atoms with E-state index < -0.39 is 5.97 Å². The number of benzene rings is 1. The monoisotopic (exact) mass is 269 g/mol. The lowest BCUT2D eigenvalue weighted by Crippen LogP contribution is -2.17. The molecule has 2 N–H and O–H groups in total. The van der Waals surface area contributed by atoms with E-state index in [2.05, 4.69) is 5.32 Å². The van der Waals surface area contributed by atoms with E-state index >= 15 is 0 Å². The highest BCUT2D eigenvalue weighted by Gasteiger charge is 2.34. The van der Waals surface area contributed by atoms with Crippen LogP contribution in [-0.4, -0.2) is 24.4 Å². The van der Waals surface area contributed by atoms with E-state index in [9.17, 15) is 4.79 Å². The molecule has 1 saturated heterocycles. The molecule has 18 heavy (non-hydrogen) atoms. The van der Waals surface area contributed by atoms with Gasteiger partial charge in [0, 0.05) is 18.2 Å². The van der Waals surface area contributed by atoms with Crippen molar-refractivity contribution in [3.05, 3.63) is 22.7 Å². The topological polar surface area (TPSA) is 67.8 Å². The second-order valence-corrected chi connectivity index (χ2v) is 4.84. The molecule has 1 aromatic rings. The zero-order valence-electron chi connectivity index (χ0n) is 9.48. The van der Waals surface area contributed by atoms with Gasteiger partial charge in [0.15, 0.2) is 11.5 Å². The Kier molecular flexibility index (Phi) is 2.80. The summed E-state index contributed by atoms with van der Waals surface area (Å²) < 4.78 is 10.7. The average molecular weight is 270 g/mol. The Morgan fingerprint density at radius 2 is 2.17 bits per heavy atom. The molecule has 6 heteroatoms. The van der Waals surface area contributed by atoms with Gasteiger partial charge in [-0.3, -0.25) is 4.79 Å². The summed E-state index contributed by atoms with van der Waals surface area (Å²) in [5, 5.41) is 12.7. The number of halogens is 1. The van der Waals surface area contributed by atoms with Crippen LogP contribution in [0.15, 0.2) is 12.1 Å². The number of carboxylic acids is 1. The summed E-state index contributed by atoms with van der Waals surface area (Å²) in [6.07, 6.45) is 0.548. The van der Waals surface area contributed by atoms with E-state index in [1.165, 1.54) is 0 Å². The number of nitrogens with one attached hydrogen (secondary N) is 1. The van der Waals surface area contributed by atoms with Crippen molar-refractivity contribution in [3.8, 4) is 11.5 Å². The smallest absolute Gasteiger partial charge is 0.307 e. The third-order valence-corrected chi connectivity index (χ3v) is 3.65. The number of aliphatic carboxylic acids is 1. The molecule has 0 radical (unpaired) electrons. The summed E-state index contributed by atoms with van der Waals surface area (Å²) in [6.45, 7) is 0.624. The first kappa shape index (κ1) is 11.6. The largest absolute Gasteiger partial charge is 0.481 e. The molecule has 2 aliphatic heterocycles. The minimum absolute atomic E-state index is 0.0289. The van der Waals surface area contributed by atoms with Gasteiger partial charge in [0.2, 0.25) is 6.79 Å². The summed E-state index contributed by atoms with van der Waals surface area (Å²) in [5.41, 5.74) is 0.913. The van der Waals surface area contributed by atoms with Crippen molar-refractivity contribution in [2.75, 3.05) is 13.3 Å². The molecule has 96 valence electrons. The number of fused-ring (bicyclic) bond motifs is 1.